The van der Waals surface area contributed by atoms with Crippen molar-refractivity contribution in [2.75, 3.05) is 18.0 Å². The molecule has 2 aliphatic rings. The van der Waals surface area contributed by atoms with Crippen LogP contribution in [0.4, 0.5) is 5.13 Å². The fourth-order valence-corrected chi connectivity index (χ4v) is 5.60. The highest BCUT2D eigenvalue weighted by molar-refractivity contribution is 7.22. The number of piperidine rings is 1. The smallest absolute Gasteiger partial charge is 0.337 e. The van der Waals surface area contributed by atoms with Crippen molar-refractivity contribution in [1.29, 1.82) is 0 Å². The van der Waals surface area contributed by atoms with E-state index in [1.807, 2.05) is 13.0 Å². The maximum Gasteiger partial charge on any atom is 0.337 e. The average Bonchev–Trinajstić information content (AvgIpc) is 3.36. The van der Waals surface area contributed by atoms with Gasteiger partial charge in [0.25, 0.3) is 5.91 Å². The Kier molecular flexibility index (Phi) is 5.98. The van der Waals surface area contributed by atoms with Crippen LogP contribution in [0.1, 0.15) is 52.9 Å². The van der Waals surface area contributed by atoms with Gasteiger partial charge in [0.2, 0.25) is 0 Å². The van der Waals surface area contributed by atoms with Crippen LogP contribution in [0.2, 0.25) is 5.15 Å². The molecule has 174 valence electrons. The number of carbonyl (C=O) groups excluding carboxylic acids is 1. The number of imidazole rings is 1. The van der Waals surface area contributed by atoms with E-state index in [0.717, 1.165) is 30.1 Å². The van der Waals surface area contributed by atoms with Gasteiger partial charge in [0.15, 0.2) is 16.1 Å². The van der Waals surface area contributed by atoms with E-state index in [9.17, 15) is 14.7 Å². The first-order valence-corrected chi connectivity index (χ1v) is 12.3. The lowest BCUT2D eigenvalue weighted by molar-refractivity contribution is 0.0699. The summed E-state index contributed by atoms with van der Waals surface area (Å²) in [5.74, 6) is -0.977. The maximum absolute atomic E-state index is 12.8. The van der Waals surface area contributed by atoms with Gasteiger partial charge in [0.1, 0.15) is 0 Å². The Labute approximate surface area is 199 Å². The highest BCUT2D eigenvalue weighted by Gasteiger charge is 2.36. The van der Waals surface area contributed by atoms with Crippen molar-refractivity contribution in [3.8, 4) is 0 Å². The number of carbonyl (C=O) groups is 2. The molecular weight excluding hydrogens is 464 g/mol. The number of aromatic carboxylic acids is 1. The second kappa shape index (κ2) is 8.92. The van der Waals surface area contributed by atoms with Crippen molar-refractivity contribution in [3.05, 3.63) is 40.4 Å². The summed E-state index contributed by atoms with van der Waals surface area (Å²) in [6.07, 6.45) is 3.67. The SMILES string of the molecule is CCc1[nH]c(C(=O)NC2CCN(c3nc4cccc(C(=O)O)c4s3)C[C@H]2NC2CC2)nc1Cl. The van der Waals surface area contributed by atoms with Crippen LogP contribution in [0.15, 0.2) is 18.2 Å². The van der Waals surface area contributed by atoms with Crippen LogP contribution in [-0.2, 0) is 6.42 Å². The molecule has 2 atom stereocenters. The van der Waals surface area contributed by atoms with E-state index < -0.39 is 5.97 Å². The lowest BCUT2D eigenvalue weighted by Crippen LogP contribution is -2.60. The van der Waals surface area contributed by atoms with Gasteiger partial charge >= 0.3 is 5.97 Å². The van der Waals surface area contributed by atoms with Gasteiger partial charge in [0.05, 0.1) is 21.5 Å². The molecule has 1 aliphatic heterocycles. The zero-order valence-electron chi connectivity index (χ0n) is 18.1. The molecule has 9 nitrogen and oxygen atoms in total. The first kappa shape index (κ1) is 22.1. The molecule has 5 rings (SSSR count). The van der Waals surface area contributed by atoms with E-state index in [2.05, 4.69) is 25.5 Å². The first-order valence-electron chi connectivity index (χ1n) is 11.1. The van der Waals surface area contributed by atoms with Crippen molar-refractivity contribution in [2.45, 2.75) is 50.7 Å². The van der Waals surface area contributed by atoms with Crippen molar-refractivity contribution in [3.63, 3.8) is 0 Å². The third kappa shape index (κ3) is 4.55. The van der Waals surface area contributed by atoms with Gasteiger partial charge in [0, 0.05) is 31.2 Å². The van der Waals surface area contributed by atoms with Crippen molar-refractivity contribution in [1.82, 2.24) is 25.6 Å². The van der Waals surface area contributed by atoms with Crippen molar-refractivity contribution < 1.29 is 14.7 Å². The molecule has 1 aliphatic carbocycles. The highest BCUT2D eigenvalue weighted by Crippen LogP contribution is 2.33. The Morgan fingerprint density at radius 3 is 2.79 bits per heavy atom. The lowest BCUT2D eigenvalue weighted by Gasteiger charge is -2.39. The molecule has 33 heavy (non-hydrogen) atoms. The van der Waals surface area contributed by atoms with Gasteiger partial charge in [-0.3, -0.25) is 4.79 Å². The quantitative estimate of drug-likeness (QED) is 0.403. The molecule has 0 spiro atoms. The van der Waals surface area contributed by atoms with Gasteiger partial charge in [-0.25, -0.2) is 14.8 Å². The number of benzene rings is 1. The van der Waals surface area contributed by atoms with Crippen molar-refractivity contribution in [2.24, 2.45) is 0 Å². The number of nitrogens with zero attached hydrogens (tertiary/aromatic N) is 3. The molecule has 2 fully saturated rings. The van der Waals surface area contributed by atoms with Crippen LogP contribution < -0.4 is 15.5 Å². The number of hydrogen-bond donors (Lipinski definition) is 4. The van der Waals surface area contributed by atoms with E-state index in [1.165, 1.54) is 11.3 Å². The van der Waals surface area contributed by atoms with Gasteiger partial charge in [-0.2, -0.15) is 0 Å². The van der Waals surface area contributed by atoms with Crippen LogP contribution in [-0.4, -0.2) is 63.1 Å². The molecule has 4 N–H and O–H groups in total. The number of H-pyrrole nitrogens is 1. The molecule has 0 bridgehead atoms. The van der Waals surface area contributed by atoms with Crippen LogP contribution >= 0.6 is 22.9 Å². The van der Waals surface area contributed by atoms with Crippen LogP contribution in [0.3, 0.4) is 0 Å². The van der Waals surface area contributed by atoms with Gasteiger partial charge < -0.3 is 25.6 Å². The second-order valence-corrected chi connectivity index (χ2v) is 9.86. The predicted molar refractivity (Wildman–Crippen MR) is 128 cm³/mol. The predicted octanol–water partition coefficient (Wildman–Crippen LogP) is 3.06. The molecular formula is C22H25ClN6O3S. The molecule has 2 aromatic heterocycles. The fourth-order valence-electron chi connectivity index (χ4n) is 4.23. The fraction of sp³-hybridized carbons (Fsp3) is 0.455. The summed E-state index contributed by atoms with van der Waals surface area (Å²) in [6.45, 7) is 3.33. The van der Waals surface area contributed by atoms with Crippen LogP contribution in [0.5, 0.6) is 0 Å². The lowest BCUT2D eigenvalue weighted by atomic mass is 9.99. The Morgan fingerprint density at radius 2 is 2.09 bits per heavy atom. The molecule has 0 radical (unpaired) electrons. The van der Waals surface area contributed by atoms with Crippen LogP contribution in [0, 0.1) is 0 Å². The second-order valence-electron chi connectivity index (χ2n) is 8.53. The number of hydrogen-bond acceptors (Lipinski definition) is 7. The first-order chi connectivity index (χ1) is 15.9. The zero-order valence-corrected chi connectivity index (χ0v) is 19.7. The number of aromatic nitrogens is 3. The number of nitrogens with one attached hydrogen (secondary N) is 3. The molecule has 1 saturated carbocycles. The monoisotopic (exact) mass is 488 g/mol. The zero-order chi connectivity index (χ0) is 23.1. The van der Waals surface area contributed by atoms with Crippen molar-refractivity contribution >= 4 is 50.2 Å². The number of rotatable bonds is 7. The highest BCUT2D eigenvalue weighted by atomic mass is 35.5. The molecule has 11 heteroatoms. The van der Waals surface area contributed by atoms with Gasteiger partial charge in [-0.15, -0.1) is 0 Å². The summed E-state index contributed by atoms with van der Waals surface area (Å²) in [5.41, 5.74) is 1.72. The third-order valence-electron chi connectivity index (χ3n) is 6.16. The van der Waals surface area contributed by atoms with E-state index in [-0.39, 0.29) is 29.4 Å². The number of aryl methyl sites for hydroxylation is 1. The minimum Gasteiger partial charge on any atom is -0.478 e. The largest absolute Gasteiger partial charge is 0.478 e. The Hall–Kier alpha value is -2.69. The number of carboxylic acid groups (broad SMARTS) is 1. The van der Waals surface area contributed by atoms with E-state index in [1.54, 1.807) is 12.1 Å². The minimum absolute atomic E-state index is 0.0391. The summed E-state index contributed by atoms with van der Waals surface area (Å²) in [6, 6.07) is 5.61. The molecule has 1 amide bonds. The Morgan fingerprint density at radius 1 is 1.27 bits per heavy atom. The number of thiazole rings is 1. The summed E-state index contributed by atoms with van der Waals surface area (Å²) in [5, 5.41) is 17.4. The summed E-state index contributed by atoms with van der Waals surface area (Å²) >= 11 is 7.51. The summed E-state index contributed by atoms with van der Waals surface area (Å²) in [7, 11) is 0. The Bertz CT molecular complexity index is 1210. The molecule has 3 aromatic rings. The normalized spacial score (nSPS) is 20.8. The van der Waals surface area contributed by atoms with Crippen LogP contribution in [0.25, 0.3) is 10.2 Å². The topological polar surface area (TPSA) is 123 Å². The molecule has 1 unspecified atom stereocenters. The van der Waals surface area contributed by atoms with Gasteiger partial charge in [-0.1, -0.05) is 35.9 Å². The number of aromatic amines is 1. The van der Waals surface area contributed by atoms with E-state index >= 15 is 0 Å². The number of halogens is 1. The molecule has 1 aromatic carbocycles. The summed E-state index contributed by atoms with van der Waals surface area (Å²) in [4.78, 5) is 38.5. The average molecular weight is 489 g/mol. The number of carboxylic acids is 1. The minimum atomic E-state index is -0.949. The number of amides is 1. The number of fused-ring (bicyclic) bond motifs is 1. The number of anilines is 1. The molecule has 1 saturated heterocycles. The molecule has 3 heterocycles. The maximum atomic E-state index is 12.8. The summed E-state index contributed by atoms with van der Waals surface area (Å²) < 4.78 is 0.684. The third-order valence-corrected chi connectivity index (χ3v) is 7.64. The van der Waals surface area contributed by atoms with E-state index in [4.69, 9.17) is 16.6 Å². The van der Waals surface area contributed by atoms with E-state index in [0.29, 0.717) is 40.9 Å². The van der Waals surface area contributed by atoms with Gasteiger partial charge in [-0.05, 0) is 37.8 Å². The Balaban J connectivity index is 1.34. The standard InChI is InChI=1S/C22H25ClN6O3S/c1-2-13-18(23)28-19(25-13)20(30)26-14-8-9-29(10-16(14)24-11-6-7-11)22-27-15-5-3-4-12(21(31)32)17(15)33-22/h3-5,11,14,16,24H,2,6-10H2,1H3,(H,25,28)(H,26,30)(H,31,32)/t14?,16-/m1/s1.